The number of carboxylic acids is 1. The van der Waals surface area contributed by atoms with Gasteiger partial charge in [-0.15, -0.1) is 6.58 Å². The van der Waals surface area contributed by atoms with Crippen molar-refractivity contribution in [1.29, 1.82) is 0 Å². The molecular formula is C12H21NO3. The molecule has 0 heterocycles. The van der Waals surface area contributed by atoms with Gasteiger partial charge in [0, 0.05) is 26.4 Å². The summed E-state index contributed by atoms with van der Waals surface area (Å²) in [5.74, 6) is -0.945. The summed E-state index contributed by atoms with van der Waals surface area (Å²) in [4.78, 5) is 23.7. The molecule has 0 rings (SSSR count). The molecule has 0 bridgehead atoms. The number of hydrogen-bond donors (Lipinski definition) is 1. The molecule has 4 heteroatoms. The van der Waals surface area contributed by atoms with Crippen molar-refractivity contribution in [2.24, 2.45) is 5.92 Å². The largest absolute Gasteiger partial charge is 0.481 e. The number of carboxylic acid groups (broad SMARTS) is 1. The number of hydrogen-bond acceptors (Lipinski definition) is 2. The molecule has 0 saturated heterocycles. The Bertz CT molecular complexity index is 251. The van der Waals surface area contributed by atoms with Gasteiger partial charge in [0.1, 0.15) is 0 Å². The average molecular weight is 227 g/mol. The second-order valence-electron chi connectivity index (χ2n) is 4.15. The van der Waals surface area contributed by atoms with Crippen molar-refractivity contribution in [3.63, 3.8) is 0 Å². The zero-order chi connectivity index (χ0) is 12.6. The van der Waals surface area contributed by atoms with Crippen molar-refractivity contribution in [2.45, 2.75) is 32.6 Å². The summed E-state index contributed by atoms with van der Waals surface area (Å²) < 4.78 is 0. The molecule has 0 fully saturated rings. The summed E-state index contributed by atoms with van der Waals surface area (Å²) in [5, 5.41) is 8.57. The Morgan fingerprint density at radius 1 is 1.44 bits per heavy atom. The zero-order valence-corrected chi connectivity index (χ0v) is 10.1. The third-order valence-electron chi connectivity index (χ3n) is 2.37. The summed E-state index contributed by atoms with van der Waals surface area (Å²) >= 11 is 0. The van der Waals surface area contributed by atoms with Crippen LogP contribution in [-0.2, 0) is 9.59 Å². The number of rotatable bonds is 8. The molecule has 92 valence electrons. The fraction of sp³-hybridized carbons (Fsp3) is 0.667. The standard InChI is InChI=1S/C12H21NO3/c1-4-5-6-7-13(3)11(14)8-10(2)9-12(15)16/h4,10H,1,5-9H2,2-3H3,(H,15,16). The smallest absolute Gasteiger partial charge is 0.303 e. The lowest BCUT2D eigenvalue weighted by Gasteiger charge is -2.18. The van der Waals surface area contributed by atoms with Gasteiger partial charge in [-0.2, -0.15) is 0 Å². The minimum absolute atomic E-state index is 0.0119. The predicted molar refractivity (Wildman–Crippen MR) is 63.1 cm³/mol. The molecule has 0 aliphatic heterocycles. The maximum atomic E-state index is 11.6. The van der Waals surface area contributed by atoms with Crippen LogP contribution in [0.25, 0.3) is 0 Å². The highest BCUT2D eigenvalue weighted by Crippen LogP contribution is 2.09. The molecule has 0 spiro atoms. The summed E-state index contributed by atoms with van der Waals surface area (Å²) in [6.07, 6.45) is 3.97. The topological polar surface area (TPSA) is 57.6 Å². The van der Waals surface area contributed by atoms with Crippen LogP contribution in [-0.4, -0.2) is 35.5 Å². The van der Waals surface area contributed by atoms with E-state index in [1.54, 1.807) is 18.9 Å². The minimum atomic E-state index is -0.852. The van der Waals surface area contributed by atoms with E-state index >= 15 is 0 Å². The van der Waals surface area contributed by atoms with Gasteiger partial charge in [-0.25, -0.2) is 0 Å². The van der Waals surface area contributed by atoms with E-state index in [1.165, 1.54) is 0 Å². The molecule has 4 nitrogen and oxygen atoms in total. The molecule has 1 atom stereocenters. The van der Waals surface area contributed by atoms with Gasteiger partial charge in [0.2, 0.25) is 5.91 Å². The van der Waals surface area contributed by atoms with E-state index < -0.39 is 5.97 Å². The number of carbonyl (C=O) groups is 2. The van der Waals surface area contributed by atoms with Crippen LogP contribution in [0.1, 0.15) is 32.6 Å². The molecule has 1 amide bonds. The van der Waals surface area contributed by atoms with Gasteiger partial charge in [-0.05, 0) is 18.8 Å². The SMILES string of the molecule is C=CCCCN(C)C(=O)CC(C)CC(=O)O. The van der Waals surface area contributed by atoms with Crippen molar-refractivity contribution in [3.8, 4) is 0 Å². The van der Waals surface area contributed by atoms with Crippen LogP contribution in [0.5, 0.6) is 0 Å². The van der Waals surface area contributed by atoms with Gasteiger partial charge >= 0.3 is 5.97 Å². The number of aliphatic carboxylic acids is 1. The number of amides is 1. The van der Waals surface area contributed by atoms with E-state index in [0.29, 0.717) is 13.0 Å². The van der Waals surface area contributed by atoms with Crippen LogP contribution in [0.15, 0.2) is 12.7 Å². The second-order valence-corrected chi connectivity index (χ2v) is 4.15. The molecule has 0 aromatic rings. The van der Waals surface area contributed by atoms with Crippen LogP contribution in [0.4, 0.5) is 0 Å². The Morgan fingerprint density at radius 3 is 2.56 bits per heavy atom. The highest BCUT2D eigenvalue weighted by atomic mass is 16.4. The average Bonchev–Trinajstić information content (AvgIpc) is 2.16. The first-order valence-electron chi connectivity index (χ1n) is 5.54. The monoisotopic (exact) mass is 227 g/mol. The van der Waals surface area contributed by atoms with Crippen LogP contribution < -0.4 is 0 Å². The second kappa shape index (κ2) is 7.91. The molecule has 0 aromatic heterocycles. The van der Waals surface area contributed by atoms with Gasteiger partial charge in [-0.3, -0.25) is 9.59 Å². The molecule has 1 unspecified atom stereocenters. The lowest BCUT2D eigenvalue weighted by atomic mass is 10.0. The summed E-state index contributed by atoms with van der Waals surface area (Å²) in [6, 6.07) is 0. The van der Waals surface area contributed by atoms with Crippen molar-refractivity contribution < 1.29 is 14.7 Å². The fourth-order valence-corrected chi connectivity index (χ4v) is 1.42. The molecule has 0 aliphatic rings. The first-order valence-corrected chi connectivity index (χ1v) is 5.54. The summed E-state index contributed by atoms with van der Waals surface area (Å²) in [6.45, 7) is 6.10. The predicted octanol–water partition coefficient (Wildman–Crippen LogP) is 1.91. The van der Waals surface area contributed by atoms with Crippen LogP contribution in [0.2, 0.25) is 0 Å². The first kappa shape index (κ1) is 14.7. The van der Waals surface area contributed by atoms with Gasteiger partial charge in [0.25, 0.3) is 0 Å². The van der Waals surface area contributed by atoms with E-state index in [1.807, 2.05) is 6.08 Å². The molecule has 0 aliphatic carbocycles. The van der Waals surface area contributed by atoms with Crippen molar-refractivity contribution >= 4 is 11.9 Å². The number of nitrogens with zero attached hydrogens (tertiary/aromatic N) is 1. The van der Waals surface area contributed by atoms with Gasteiger partial charge in [0.05, 0.1) is 0 Å². The lowest BCUT2D eigenvalue weighted by molar-refractivity contribution is -0.138. The highest BCUT2D eigenvalue weighted by Gasteiger charge is 2.15. The Labute approximate surface area is 96.9 Å². The maximum Gasteiger partial charge on any atom is 0.303 e. The minimum Gasteiger partial charge on any atom is -0.481 e. The quantitative estimate of drug-likeness (QED) is 0.509. The molecule has 16 heavy (non-hydrogen) atoms. The molecular weight excluding hydrogens is 206 g/mol. The van der Waals surface area contributed by atoms with Crippen LogP contribution in [0.3, 0.4) is 0 Å². The van der Waals surface area contributed by atoms with Gasteiger partial charge in [0.15, 0.2) is 0 Å². The summed E-state index contributed by atoms with van der Waals surface area (Å²) in [5.41, 5.74) is 0. The molecule has 1 N–H and O–H groups in total. The van der Waals surface area contributed by atoms with E-state index in [9.17, 15) is 9.59 Å². The third kappa shape index (κ3) is 7.04. The van der Waals surface area contributed by atoms with Gasteiger partial charge < -0.3 is 10.0 Å². The van der Waals surface area contributed by atoms with Gasteiger partial charge in [-0.1, -0.05) is 13.0 Å². The number of allylic oxidation sites excluding steroid dienone is 1. The fourth-order valence-electron chi connectivity index (χ4n) is 1.42. The first-order chi connectivity index (χ1) is 7.47. The highest BCUT2D eigenvalue weighted by molar-refractivity contribution is 5.77. The van der Waals surface area contributed by atoms with Crippen molar-refractivity contribution in [1.82, 2.24) is 4.90 Å². The lowest BCUT2D eigenvalue weighted by Crippen LogP contribution is -2.29. The van der Waals surface area contributed by atoms with E-state index in [2.05, 4.69) is 6.58 Å². The molecule has 0 aromatic carbocycles. The van der Waals surface area contributed by atoms with E-state index in [0.717, 1.165) is 12.8 Å². The Hall–Kier alpha value is -1.32. The van der Waals surface area contributed by atoms with Crippen molar-refractivity contribution in [3.05, 3.63) is 12.7 Å². The van der Waals surface area contributed by atoms with Crippen molar-refractivity contribution in [2.75, 3.05) is 13.6 Å². The number of carbonyl (C=O) groups excluding carboxylic acids is 1. The Kier molecular flexibility index (Phi) is 7.25. The van der Waals surface area contributed by atoms with E-state index in [4.69, 9.17) is 5.11 Å². The van der Waals surface area contributed by atoms with E-state index in [-0.39, 0.29) is 18.2 Å². The normalized spacial score (nSPS) is 11.9. The molecule has 0 radical (unpaired) electrons. The maximum absolute atomic E-state index is 11.6. The van der Waals surface area contributed by atoms with Crippen LogP contribution >= 0.6 is 0 Å². The third-order valence-corrected chi connectivity index (χ3v) is 2.37. The Morgan fingerprint density at radius 2 is 2.06 bits per heavy atom. The Balaban J connectivity index is 3.85. The summed E-state index contributed by atoms with van der Waals surface area (Å²) in [7, 11) is 1.75. The number of unbranched alkanes of at least 4 members (excludes halogenated alkanes) is 1. The zero-order valence-electron chi connectivity index (χ0n) is 10.1. The van der Waals surface area contributed by atoms with Crippen LogP contribution in [0, 0.1) is 5.92 Å². The molecule has 0 saturated carbocycles.